The van der Waals surface area contributed by atoms with E-state index in [1.54, 1.807) is 0 Å². The van der Waals surface area contributed by atoms with Gasteiger partial charge in [0.2, 0.25) is 0 Å². The number of hydrogen-bond donors (Lipinski definition) is 0. The van der Waals surface area contributed by atoms with Crippen molar-refractivity contribution in [2.45, 2.75) is 329 Å². The molecule has 64 heavy (non-hydrogen) atoms. The minimum Gasteiger partial charge on any atom is -0.462 e. The molecule has 0 N–H and O–H groups in total. The fraction of sp³-hybridized carbons (Fsp3) is 0.914. The van der Waals surface area contributed by atoms with Crippen LogP contribution in [0.15, 0.2) is 12.2 Å². The molecule has 0 saturated heterocycles. The highest BCUT2D eigenvalue weighted by Crippen LogP contribution is 2.17. The maximum atomic E-state index is 12.8. The summed E-state index contributed by atoms with van der Waals surface area (Å²) in [6.45, 7) is 6.68. The van der Waals surface area contributed by atoms with Crippen LogP contribution in [0.3, 0.4) is 0 Å². The first-order chi connectivity index (χ1) is 31.5. The molecule has 0 aromatic heterocycles. The van der Waals surface area contributed by atoms with Gasteiger partial charge in [-0.1, -0.05) is 270 Å². The molecule has 0 radical (unpaired) electrons. The summed E-state index contributed by atoms with van der Waals surface area (Å²) in [5.74, 6) is -0.852. The highest BCUT2D eigenvalue weighted by Gasteiger charge is 2.19. The number of allylic oxidation sites excluding steroid dienone is 2. The molecule has 1 atom stereocenters. The summed E-state index contributed by atoms with van der Waals surface area (Å²) >= 11 is 0. The van der Waals surface area contributed by atoms with E-state index in [9.17, 15) is 14.4 Å². The van der Waals surface area contributed by atoms with Crippen LogP contribution in [0.1, 0.15) is 323 Å². The standard InChI is InChI=1S/C58H110O6/c1-4-7-10-13-16-19-22-25-28-31-33-36-39-42-45-48-51-57(60)63-54-55(64-58(61)52-49-46-43-40-37-34-30-27-24-21-18-15-12-9-6-3)53-62-56(59)50-47-44-41-38-35-32-29-26-23-20-17-14-11-8-5-2/h27,30,55H,4-26,28-29,31-54H2,1-3H3/b30-27-. The van der Waals surface area contributed by atoms with Crippen molar-refractivity contribution in [3.8, 4) is 0 Å². The summed E-state index contributed by atoms with van der Waals surface area (Å²) in [6, 6.07) is 0. The van der Waals surface area contributed by atoms with Gasteiger partial charge in [-0.05, 0) is 44.9 Å². The lowest BCUT2D eigenvalue weighted by Crippen LogP contribution is -2.30. The van der Waals surface area contributed by atoms with Crippen LogP contribution in [0, 0.1) is 0 Å². The Bertz CT molecular complexity index is 993. The highest BCUT2D eigenvalue weighted by atomic mass is 16.6. The predicted octanol–water partition coefficient (Wildman–Crippen LogP) is 18.9. The summed E-state index contributed by atoms with van der Waals surface area (Å²) in [7, 11) is 0. The number of carbonyl (C=O) groups is 3. The van der Waals surface area contributed by atoms with Gasteiger partial charge in [0.15, 0.2) is 6.10 Å². The largest absolute Gasteiger partial charge is 0.462 e. The first kappa shape index (κ1) is 62.1. The zero-order valence-corrected chi connectivity index (χ0v) is 43.3. The van der Waals surface area contributed by atoms with Gasteiger partial charge >= 0.3 is 17.9 Å². The van der Waals surface area contributed by atoms with Crippen molar-refractivity contribution in [2.75, 3.05) is 13.2 Å². The van der Waals surface area contributed by atoms with E-state index in [1.165, 1.54) is 218 Å². The van der Waals surface area contributed by atoms with E-state index in [4.69, 9.17) is 14.2 Å². The van der Waals surface area contributed by atoms with Crippen molar-refractivity contribution in [3.05, 3.63) is 12.2 Å². The Balaban J connectivity index is 4.32. The molecule has 0 bridgehead atoms. The monoisotopic (exact) mass is 903 g/mol. The third kappa shape index (κ3) is 51.1. The Morgan fingerprint density at radius 3 is 0.781 bits per heavy atom. The van der Waals surface area contributed by atoms with E-state index in [-0.39, 0.29) is 31.1 Å². The fourth-order valence-electron chi connectivity index (χ4n) is 8.68. The zero-order valence-electron chi connectivity index (χ0n) is 43.3. The van der Waals surface area contributed by atoms with E-state index in [0.29, 0.717) is 19.3 Å². The molecule has 0 saturated carbocycles. The number of hydrogen-bond acceptors (Lipinski definition) is 6. The van der Waals surface area contributed by atoms with Gasteiger partial charge in [0.05, 0.1) is 0 Å². The van der Waals surface area contributed by atoms with Gasteiger partial charge in [-0.25, -0.2) is 0 Å². The van der Waals surface area contributed by atoms with Gasteiger partial charge in [0.1, 0.15) is 13.2 Å². The van der Waals surface area contributed by atoms with Crippen LogP contribution in [0.5, 0.6) is 0 Å². The molecule has 1 unspecified atom stereocenters. The van der Waals surface area contributed by atoms with E-state index < -0.39 is 6.10 Å². The number of ether oxygens (including phenoxy) is 3. The second kappa shape index (κ2) is 53.8. The van der Waals surface area contributed by atoms with Gasteiger partial charge in [0.25, 0.3) is 0 Å². The maximum absolute atomic E-state index is 12.8. The van der Waals surface area contributed by atoms with Crippen LogP contribution in [0.25, 0.3) is 0 Å². The normalized spacial score (nSPS) is 12.0. The molecule has 0 amide bonds. The lowest BCUT2D eigenvalue weighted by Gasteiger charge is -2.18. The SMILES string of the molecule is CCCCCCCC/C=C\CCCCCCCC(=O)OC(COC(=O)CCCCCCCCCCCCCCCCC)COC(=O)CCCCCCCCCCCCCCCCCC. The van der Waals surface area contributed by atoms with Crippen molar-refractivity contribution in [2.24, 2.45) is 0 Å². The summed E-state index contributed by atoms with van der Waals surface area (Å²) in [6.07, 6.45) is 60.5. The number of carbonyl (C=O) groups excluding carboxylic acids is 3. The Kier molecular flexibility index (Phi) is 52.2. The van der Waals surface area contributed by atoms with Crippen LogP contribution in [-0.4, -0.2) is 37.2 Å². The predicted molar refractivity (Wildman–Crippen MR) is 275 cm³/mol. The van der Waals surface area contributed by atoms with Crippen LogP contribution < -0.4 is 0 Å². The summed E-state index contributed by atoms with van der Waals surface area (Å²) < 4.78 is 16.9. The topological polar surface area (TPSA) is 78.9 Å². The first-order valence-electron chi connectivity index (χ1n) is 28.7. The lowest BCUT2D eigenvalue weighted by molar-refractivity contribution is -0.167. The van der Waals surface area contributed by atoms with Crippen LogP contribution in [-0.2, 0) is 28.6 Å². The van der Waals surface area contributed by atoms with E-state index in [2.05, 4.69) is 32.9 Å². The molecule has 0 aliphatic rings. The third-order valence-corrected chi connectivity index (χ3v) is 13.0. The molecule has 0 aromatic carbocycles. The molecular formula is C58H110O6. The third-order valence-electron chi connectivity index (χ3n) is 13.0. The van der Waals surface area contributed by atoms with Crippen molar-refractivity contribution in [1.29, 1.82) is 0 Å². The molecule has 0 heterocycles. The Labute approximate surface area is 399 Å². The molecule has 0 fully saturated rings. The van der Waals surface area contributed by atoms with Crippen LogP contribution >= 0.6 is 0 Å². The average Bonchev–Trinajstić information content (AvgIpc) is 3.29. The quantitative estimate of drug-likeness (QED) is 0.0262. The first-order valence-corrected chi connectivity index (χ1v) is 28.7. The Morgan fingerprint density at radius 2 is 0.516 bits per heavy atom. The summed E-state index contributed by atoms with van der Waals surface area (Å²) in [4.78, 5) is 38.1. The van der Waals surface area contributed by atoms with Gasteiger partial charge in [-0.2, -0.15) is 0 Å². The average molecular weight is 904 g/mol. The minimum absolute atomic E-state index is 0.0674. The van der Waals surface area contributed by atoms with Crippen LogP contribution in [0.4, 0.5) is 0 Å². The minimum atomic E-state index is -0.768. The number of esters is 3. The second-order valence-corrected chi connectivity index (χ2v) is 19.6. The van der Waals surface area contributed by atoms with E-state index in [1.807, 2.05) is 0 Å². The highest BCUT2D eigenvalue weighted by molar-refractivity contribution is 5.71. The summed E-state index contributed by atoms with van der Waals surface area (Å²) in [5.41, 5.74) is 0. The van der Waals surface area contributed by atoms with Crippen molar-refractivity contribution in [3.63, 3.8) is 0 Å². The molecule has 0 aliphatic heterocycles. The van der Waals surface area contributed by atoms with Crippen molar-refractivity contribution >= 4 is 17.9 Å². The van der Waals surface area contributed by atoms with Crippen LogP contribution in [0.2, 0.25) is 0 Å². The van der Waals surface area contributed by atoms with E-state index in [0.717, 1.165) is 64.2 Å². The maximum Gasteiger partial charge on any atom is 0.306 e. The van der Waals surface area contributed by atoms with Gasteiger partial charge < -0.3 is 14.2 Å². The molecule has 6 nitrogen and oxygen atoms in total. The number of rotatable bonds is 53. The zero-order chi connectivity index (χ0) is 46.5. The second-order valence-electron chi connectivity index (χ2n) is 19.6. The smallest absolute Gasteiger partial charge is 0.306 e. The lowest BCUT2D eigenvalue weighted by atomic mass is 10.0. The van der Waals surface area contributed by atoms with Gasteiger partial charge in [-0.3, -0.25) is 14.4 Å². The van der Waals surface area contributed by atoms with Gasteiger partial charge in [0, 0.05) is 19.3 Å². The summed E-state index contributed by atoms with van der Waals surface area (Å²) in [5, 5.41) is 0. The molecule has 0 rings (SSSR count). The fourth-order valence-corrected chi connectivity index (χ4v) is 8.68. The van der Waals surface area contributed by atoms with Crippen molar-refractivity contribution in [1.82, 2.24) is 0 Å². The number of unbranched alkanes of at least 4 members (excludes halogenated alkanes) is 40. The molecular weight excluding hydrogens is 793 g/mol. The Hall–Kier alpha value is -1.85. The molecule has 0 aliphatic carbocycles. The van der Waals surface area contributed by atoms with Gasteiger partial charge in [-0.15, -0.1) is 0 Å². The Morgan fingerprint density at radius 1 is 0.297 bits per heavy atom. The molecule has 0 aromatic rings. The van der Waals surface area contributed by atoms with E-state index >= 15 is 0 Å². The molecule has 6 heteroatoms. The molecule has 378 valence electrons. The molecule has 0 spiro atoms. The van der Waals surface area contributed by atoms with Crippen molar-refractivity contribution < 1.29 is 28.6 Å².